The summed E-state index contributed by atoms with van der Waals surface area (Å²) in [5, 5.41) is 0. The maximum atomic E-state index is 13.0. The van der Waals surface area contributed by atoms with Crippen LogP contribution in [0.2, 0.25) is 0 Å². The molecule has 0 saturated carbocycles. The summed E-state index contributed by atoms with van der Waals surface area (Å²) in [4.78, 5) is 38.5. The summed E-state index contributed by atoms with van der Waals surface area (Å²) < 4.78 is 17.0. The highest BCUT2D eigenvalue weighted by atomic mass is 16.6. The lowest BCUT2D eigenvalue weighted by atomic mass is 10.0. The van der Waals surface area contributed by atoms with Gasteiger partial charge in [0, 0.05) is 19.3 Å². The lowest BCUT2D eigenvalue weighted by molar-refractivity contribution is -0.167. The Morgan fingerprint density at radius 2 is 0.342 bits per heavy atom. The predicted molar refractivity (Wildman–Crippen MR) is 344 cm³/mol. The summed E-state index contributed by atoms with van der Waals surface area (Å²) in [5.74, 6) is -0.816. The van der Waals surface area contributed by atoms with Crippen LogP contribution in [0.5, 0.6) is 0 Å². The van der Waals surface area contributed by atoms with E-state index >= 15 is 0 Å². The van der Waals surface area contributed by atoms with E-state index in [1.165, 1.54) is 334 Å². The number of unbranched alkanes of at least 4 members (excludes halogenated alkanes) is 58. The van der Waals surface area contributed by atoms with Crippen LogP contribution in [0, 0.1) is 0 Å². The zero-order valence-electron chi connectivity index (χ0n) is 54.2. The molecule has 0 aromatic heterocycles. The molecule has 79 heavy (non-hydrogen) atoms. The van der Waals surface area contributed by atoms with Crippen molar-refractivity contribution in [2.24, 2.45) is 0 Å². The van der Waals surface area contributed by atoms with E-state index in [4.69, 9.17) is 14.2 Å². The molecule has 6 heteroatoms. The molecule has 0 aromatic carbocycles. The first-order valence-electron chi connectivity index (χ1n) is 36.5. The molecule has 0 heterocycles. The van der Waals surface area contributed by atoms with E-state index in [1.54, 1.807) is 0 Å². The van der Waals surface area contributed by atoms with E-state index in [0.717, 1.165) is 57.8 Å². The average Bonchev–Trinajstić information content (AvgIpc) is 3.45. The second-order valence-electron chi connectivity index (χ2n) is 25.2. The molecule has 0 aliphatic carbocycles. The molecule has 0 amide bonds. The van der Waals surface area contributed by atoms with Gasteiger partial charge in [-0.25, -0.2) is 0 Å². The maximum absolute atomic E-state index is 13.0. The zero-order chi connectivity index (χ0) is 57.1. The van der Waals surface area contributed by atoms with Gasteiger partial charge in [0.2, 0.25) is 0 Å². The Morgan fingerprint density at radius 3 is 0.506 bits per heavy atom. The molecule has 0 fully saturated rings. The molecule has 1 unspecified atom stereocenters. The van der Waals surface area contributed by atoms with Gasteiger partial charge >= 0.3 is 17.9 Å². The molecule has 0 N–H and O–H groups in total. The lowest BCUT2D eigenvalue weighted by Crippen LogP contribution is -2.30. The van der Waals surface area contributed by atoms with Crippen LogP contribution in [-0.4, -0.2) is 37.2 Å². The topological polar surface area (TPSA) is 78.9 Å². The Balaban J connectivity index is 4.23. The van der Waals surface area contributed by atoms with E-state index in [0.29, 0.717) is 19.3 Å². The molecule has 0 radical (unpaired) electrons. The highest BCUT2D eigenvalue weighted by Gasteiger charge is 2.20. The molecular weight excluding hydrogens is 973 g/mol. The summed E-state index contributed by atoms with van der Waals surface area (Å²) in [6.45, 7) is 6.75. The first-order chi connectivity index (χ1) is 39.0. The molecule has 0 aliphatic heterocycles. The predicted octanol–water partition coefficient (Wildman–Crippen LogP) is 25.0. The molecule has 1 atom stereocenters. The SMILES string of the molecule is CCCCCCCCCCCCCCCCCCCCCCCCCCCC(=O)OCC(COC(=O)CCCCCCCCCCCCCCCCCCC)OC(=O)CCCCCCCCCCCCCCCCCCCCC. The van der Waals surface area contributed by atoms with Crippen molar-refractivity contribution < 1.29 is 28.6 Å². The summed E-state index contributed by atoms with van der Waals surface area (Å²) in [6.07, 6.45) is 81.4. The van der Waals surface area contributed by atoms with Gasteiger partial charge in [0.15, 0.2) is 6.10 Å². The minimum atomic E-state index is -0.764. The Labute approximate surface area is 495 Å². The first kappa shape index (κ1) is 77.4. The molecule has 0 saturated heterocycles. The molecular formula is C73H142O6. The van der Waals surface area contributed by atoms with Crippen LogP contribution in [0.15, 0.2) is 0 Å². The third-order valence-corrected chi connectivity index (χ3v) is 17.1. The number of esters is 3. The second kappa shape index (κ2) is 68.9. The number of rotatable bonds is 69. The van der Waals surface area contributed by atoms with Gasteiger partial charge in [-0.15, -0.1) is 0 Å². The van der Waals surface area contributed by atoms with Crippen LogP contribution in [0.3, 0.4) is 0 Å². The summed E-state index contributed by atoms with van der Waals surface area (Å²) >= 11 is 0. The van der Waals surface area contributed by atoms with Gasteiger partial charge < -0.3 is 14.2 Å². The standard InChI is InChI=1S/C73H142O6/c1-4-7-10-13-16-19-22-25-28-31-33-34-35-36-37-38-40-42-45-48-51-54-57-60-63-66-72(75)78-69-70(68-77-71(74)65-62-59-56-53-50-47-44-41-30-27-24-21-18-15-12-9-6-3)79-73(76)67-64-61-58-55-52-49-46-43-39-32-29-26-23-20-17-14-11-8-5-2/h70H,4-69H2,1-3H3. The number of hydrogen-bond acceptors (Lipinski definition) is 6. The Hall–Kier alpha value is -1.59. The van der Waals surface area contributed by atoms with Crippen LogP contribution >= 0.6 is 0 Å². The molecule has 0 aliphatic rings. The van der Waals surface area contributed by atoms with Crippen LogP contribution in [-0.2, 0) is 28.6 Å². The van der Waals surface area contributed by atoms with E-state index < -0.39 is 6.10 Å². The van der Waals surface area contributed by atoms with Crippen molar-refractivity contribution in [3.05, 3.63) is 0 Å². The van der Waals surface area contributed by atoms with Crippen molar-refractivity contribution >= 4 is 17.9 Å². The van der Waals surface area contributed by atoms with Crippen molar-refractivity contribution in [2.75, 3.05) is 13.2 Å². The molecule has 6 nitrogen and oxygen atoms in total. The van der Waals surface area contributed by atoms with Crippen molar-refractivity contribution in [3.63, 3.8) is 0 Å². The fraction of sp³-hybridized carbons (Fsp3) is 0.959. The third kappa shape index (κ3) is 67.1. The van der Waals surface area contributed by atoms with Gasteiger partial charge in [0.05, 0.1) is 0 Å². The van der Waals surface area contributed by atoms with Gasteiger partial charge in [-0.1, -0.05) is 393 Å². The highest BCUT2D eigenvalue weighted by Crippen LogP contribution is 2.20. The first-order valence-corrected chi connectivity index (χ1v) is 36.5. The summed E-state index contributed by atoms with van der Waals surface area (Å²) in [5.41, 5.74) is 0. The van der Waals surface area contributed by atoms with Gasteiger partial charge in [0.25, 0.3) is 0 Å². The fourth-order valence-corrected chi connectivity index (χ4v) is 11.6. The van der Waals surface area contributed by atoms with E-state index in [2.05, 4.69) is 20.8 Å². The van der Waals surface area contributed by atoms with Crippen LogP contribution in [0.4, 0.5) is 0 Å². The largest absolute Gasteiger partial charge is 0.462 e. The Kier molecular flexibility index (Phi) is 67.5. The third-order valence-electron chi connectivity index (χ3n) is 17.1. The fourth-order valence-electron chi connectivity index (χ4n) is 11.6. The summed E-state index contributed by atoms with van der Waals surface area (Å²) in [6, 6.07) is 0. The smallest absolute Gasteiger partial charge is 0.306 e. The minimum absolute atomic E-state index is 0.0599. The number of hydrogen-bond donors (Lipinski definition) is 0. The van der Waals surface area contributed by atoms with Crippen molar-refractivity contribution in [1.82, 2.24) is 0 Å². The number of carbonyl (C=O) groups excluding carboxylic acids is 3. The minimum Gasteiger partial charge on any atom is -0.462 e. The number of ether oxygens (including phenoxy) is 3. The van der Waals surface area contributed by atoms with Crippen LogP contribution < -0.4 is 0 Å². The van der Waals surface area contributed by atoms with Gasteiger partial charge in [0.1, 0.15) is 13.2 Å². The van der Waals surface area contributed by atoms with Crippen LogP contribution in [0.25, 0.3) is 0 Å². The molecule has 0 spiro atoms. The van der Waals surface area contributed by atoms with Crippen molar-refractivity contribution in [2.45, 2.75) is 438 Å². The average molecular weight is 1120 g/mol. The van der Waals surface area contributed by atoms with Crippen LogP contribution in [0.1, 0.15) is 432 Å². The molecule has 0 bridgehead atoms. The Bertz CT molecular complexity index is 1190. The van der Waals surface area contributed by atoms with Crippen molar-refractivity contribution in [1.29, 1.82) is 0 Å². The van der Waals surface area contributed by atoms with Crippen molar-refractivity contribution in [3.8, 4) is 0 Å². The second-order valence-corrected chi connectivity index (χ2v) is 25.2. The van der Waals surface area contributed by atoms with E-state index in [1.807, 2.05) is 0 Å². The van der Waals surface area contributed by atoms with Gasteiger partial charge in [-0.2, -0.15) is 0 Å². The number of carbonyl (C=O) groups is 3. The summed E-state index contributed by atoms with van der Waals surface area (Å²) in [7, 11) is 0. The normalized spacial score (nSPS) is 11.9. The zero-order valence-corrected chi connectivity index (χ0v) is 54.2. The molecule has 470 valence electrons. The van der Waals surface area contributed by atoms with E-state index in [9.17, 15) is 14.4 Å². The monoisotopic (exact) mass is 1120 g/mol. The highest BCUT2D eigenvalue weighted by molar-refractivity contribution is 5.71. The molecule has 0 aromatic rings. The Morgan fingerprint density at radius 1 is 0.203 bits per heavy atom. The maximum Gasteiger partial charge on any atom is 0.306 e. The molecule has 0 rings (SSSR count). The quantitative estimate of drug-likeness (QED) is 0.0343. The van der Waals surface area contributed by atoms with Gasteiger partial charge in [-0.05, 0) is 19.3 Å². The van der Waals surface area contributed by atoms with E-state index in [-0.39, 0.29) is 31.1 Å². The lowest BCUT2D eigenvalue weighted by Gasteiger charge is -2.18. The van der Waals surface area contributed by atoms with Gasteiger partial charge in [-0.3, -0.25) is 14.4 Å².